The maximum atomic E-state index is 11.7. The molecule has 2 atom stereocenters. The Balaban J connectivity index is 2.33. The van der Waals surface area contributed by atoms with E-state index in [4.69, 9.17) is 0 Å². The van der Waals surface area contributed by atoms with Crippen molar-refractivity contribution in [1.29, 1.82) is 0 Å². The van der Waals surface area contributed by atoms with Crippen LogP contribution in [0.15, 0.2) is 0 Å². The molecule has 1 heterocycles. The van der Waals surface area contributed by atoms with Crippen molar-refractivity contribution >= 4 is 15.7 Å². The number of piperidine rings is 1. The van der Waals surface area contributed by atoms with Crippen LogP contribution in [0.1, 0.15) is 32.6 Å². The number of carbonyl (C=O) groups excluding carboxylic acids is 1. The fraction of sp³-hybridized carbons (Fsp3) is 0.917. The van der Waals surface area contributed by atoms with Crippen molar-refractivity contribution < 1.29 is 13.2 Å². The van der Waals surface area contributed by atoms with Gasteiger partial charge in [0.2, 0.25) is 5.91 Å². The van der Waals surface area contributed by atoms with E-state index >= 15 is 0 Å². The molecule has 0 bridgehead atoms. The van der Waals surface area contributed by atoms with E-state index in [1.807, 2.05) is 6.92 Å². The smallest absolute Gasteiger partial charge is 0.237 e. The molecule has 0 spiro atoms. The third-order valence-electron chi connectivity index (χ3n) is 3.31. The zero-order valence-corrected chi connectivity index (χ0v) is 12.1. The van der Waals surface area contributed by atoms with Crippen molar-refractivity contribution in [3.8, 4) is 0 Å². The molecule has 0 aliphatic carbocycles. The zero-order chi connectivity index (χ0) is 13.6. The number of rotatable bonds is 6. The van der Waals surface area contributed by atoms with E-state index in [0.29, 0.717) is 18.9 Å². The van der Waals surface area contributed by atoms with Crippen LogP contribution < -0.4 is 10.6 Å². The van der Waals surface area contributed by atoms with Gasteiger partial charge in [0.05, 0.1) is 6.04 Å². The molecule has 18 heavy (non-hydrogen) atoms. The van der Waals surface area contributed by atoms with Gasteiger partial charge in [0.15, 0.2) is 0 Å². The van der Waals surface area contributed by atoms with Gasteiger partial charge in [-0.15, -0.1) is 0 Å². The van der Waals surface area contributed by atoms with Crippen LogP contribution in [-0.2, 0) is 14.6 Å². The minimum absolute atomic E-state index is 0.0605. The van der Waals surface area contributed by atoms with Gasteiger partial charge in [-0.25, -0.2) is 8.42 Å². The second-order valence-electron chi connectivity index (χ2n) is 5.06. The molecule has 106 valence electrons. The summed E-state index contributed by atoms with van der Waals surface area (Å²) >= 11 is 0. The molecule has 5 nitrogen and oxygen atoms in total. The fourth-order valence-electron chi connectivity index (χ4n) is 2.39. The minimum atomic E-state index is -2.86. The van der Waals surface area contributed by atoms with Gasteiger partial charge >= 0.3 is 0 Å². The van der Waals surface area contributed by atoms with Crippen LogP contribution in [0.2, 0.25) is 0 Å². The van der Waals surface area contributed by atoms with Crippen LogP contribution in [0.25, 0.3) is 0 Å². The predicted octanol–water partition coefficient (Wildman–Crippen LogP) is 0.316. The molecule has 0 radical (unpaired) electrons. The number of hydrogen-bond donors (Lipinski definition) is 2. The van der Waals surface area contributed by atoms with E-state index < -0.39 is 9.84 Å². The second-order valence-corrected chi connectivity index (χ2v) is 7.32. The van der Waals surface area contributed by atoms with Crippen LogP contribution >= 0.6 is 0 Å². The lowest BCUT2D eigenvalue weighted by Crippen LogP contribution is -2.48. The molecular formula is C12H24N2O3S. The summed E-state index contributed by atoms with van der Waals surface area (Å²) in [6, 6.07) is -0.109. The molecule has 0 aromatic rings. The molecule has 1 fully saturated rings. The van der Waals surface area contributed by atoms with E-state index in [-0.39, 0.29) is 17.7 Å². The molecule has 0 aromatic carbocycles. The van der Waals surface area contributed by atoms with Gasteiger partial charge in [-0.1, -0.05) is 0 Å². The van der Waals surface area contributed by atoms with Crippen molar-refractivity contribution in [2.75, 3.05) is 25.1 Å². The summed E-state index contributed by atoms with van der Waals surface area (Å²) in [6.45, 7) is 3.39. The first-order valence-electron chi connectivity index (χ1n) is 6.61. The molecule has 2 N–H and O–H groups in total. The molecule has 0 saturated carbocycles. The molecule has 1 amide bonds. The van der Waals surface area contributed by atoms with Crippen LogP contribution in [0.4, 0.5) is 0 Å². The maximum Gasteiger partial charge on any atom is 0.237 e. The number of amides is 1. The average Bonchev–Trinajstić information content (AvgIpc) is 2.28. The average molecular weight is 276 g/mol. The van der Waals surface area contributed by atoms with Gasteiger partial charge in [0.1, 0.15) is 9.84 Å². The SMILES string of the molecule is CCNC(=O)C1CC(CCCS(C)(=O)=O)CCN1. The first kappa shape index (κ1) is 15.4. The molecule has 6 heteroatoms. The number of nitrogens with one attached hydrogen (secondary N) is 2. The predicted molar refractivity (Wildman–Crippen MR) is 72.1 cm³/mol. The molecular weight excluding hydrogens is 252 g/mol. The largest absolute Gasteiger partial charge is 0.355 e. The minimum Gasteiger partial charge on any atom is -0.355 e. The third-order valence-corrected chi connectivity index (χ3v) is 4.34. The first-order chi connectivity index (χ1) is 8.42. The van der Waals surface area contributed by atoms with Crippen molar-refractivity contribution in [3.63, 3.8) is 0 Å². The Morgan fingerprint density at radius 1 is 1.44 bits per heavy atom. The third kappa shape index (κ3) is 5.82. The summed E-state index contributed by atoms with van der Waals surface area (Å²) in [4.78, 5) is 11.7. The fourth-order valence-corrected chi connectivity index (χ4v) is 3.08. The lowest BCUT2D eigenvalue weighted by molar-refractivity contribution is -0.124. The van der Waals surface area contributed by atoms with E-state index in [1.54, 1.807) is 0 Å². The van der Waals surface area contributed by atoms with Gasteiger partial charge in [0, 0.05) is 18.6 Å². The molecule has 0 aromatic heterocycles. The quantitative estimate of drug-likeness (QED) is 0.732. The van der Waals surface area contributed by atoms with Crippen molar-refractivity contribution in [2.45, 2.75) is 38.6 Å². The standard InChI is InChI=1S/C12H24N2O3S/c1-3-13-12(15)11-9-10(6-7-14-11)5-4-8-18(2,16)17/h10-11,14H,3-9H2,1-2H3,(H,13,15). The van der Waals surface area contributed by atoms with Crippen LogP contribution in [0.3, 0.4) is 0 Å². The Labute approximate surface area is 110 Å². The van der Waals surface area contributed by atoms with Gasteiger partial charge in [-0.2, -0.15) is 0 Å². The van der Waals surface area contributed by atoms with Gasteiger partial charge < -0.3 is 10.6 Å². The summed E-state index contributed by atoms with van der Waals surface area (Å²) in [7, 11) is -2.86. The highest BCUT2D eigenvalue weighted by Crippen LogP contribution is 2.21. The maximum absolute atomic E-state index is 11.7. The van der Waals surface area contributed by atoms with Crippen molar-refractivity contribution in [1.82, 2.24) is 10.6 Å². The Morgan fingerprint density at radius 2 is 2.17 bits per heavy atom. The zero-order valence-electron chi connectivity index (χ0n) is 11.2. The highest BCUT2D eigenvalue weighted by molar-refractivity contribution is 7.90. The highest BCUT2D eigenvalue weighted by atomic mass is 32.2. The number of carbonyl (C=O) groups is 1. The summed E-state index contributed by atoms with van der Waals surface area (Å²) in [5.41, 5.74) is 0. The summed E-state index contributed by atoms with van der Waals surface area (Å²) in [5, 5.41) is 6.03. The molecule has 1 aliphatic rings. The number of likely N-dealkylation sites (N-methyl/N-ethyl adjacent to an activating group) is 1. The van der Waals surface area contributed by atoms with Crippen LogP contribution in [0.5, 0.6) is 0 Å². The summed E-state index contributed by atoms with van der Waals surface area (Å²) < 4.78 is 22.1. The van der Waals surface area contributed by atoms with Gasteiger partial charge in [-0.3, -0.25) is 4.79 Å². The Hall–Kier alpha value is -0.620. The second kappa shape index (κ2) is 7.09. The lowest BCUT2D eigenvalue weighted by atomic mass is 9.88. The van der Waals surface area contributed by atoms with Crippen molar-refractivity contribution in [3.05, 3.63) is 0 Å². The summed E-state index contributed by atoms with van der Waals surface area (Å²) in [6.07, 6.45) is 4.71. The topological polar surface area (TPSA) is 75.3 Å². The Morgan fingerprint density at radius 3 is 2.78 bits per heavy atom. The van der Waals surface area contributed by atoms with E-state index in [1.165, 1.54) is 6.26 Å². The van der Waals surface area contributed by atoms with Crippen LogP contribution in [0, 0.1) is 5.92 Å². The van der Waals surface area contributed by atoms with Crippen molar-refractivity contribution in [2.24, 2.45) is 5.92 Å². The molecule has 1 rings (SSSR count). The van der Waals surface area contributed by atoms with E-state index in [0.717, 1.165) is 25.8 Å². The normalized spacial score (nSPS) is 24.8. The monoisotopic (exact) mass is 276 g/mol. The van der Waals surface area contributed by atoms with E-state index in [2.05, 4.69) is 10.6 Å². The molecule has 1 aliphatic heterocycles. The molecule has 2 unspecified atom stereocenters. The van der Waals surface area contributed by atoms with Gasteiger partial charge in [-0.05, 0) is 45.1 Å². The Bertz CT molecular complexity index is 368. The van der Waals surface area contributed by atoms with Crippen LogP contribution in [-0.4, -0.2) is 45.5 Å². The lowest BCUT2D eigenvalue weighted by Gasteiger charge is -2.29. The number of hydrogen-bond acceptors (Lipinski definition) is 4. The number of sulfone groups is 1. The molecule has 1 saturated heterocycles. The first-order valence-corrected chi connectivity index (χ1v) is 8.67. The van der Waals surface area contributed by atoms with Gasteiger partial charge in [0.25, 0.3) is 0 Å². The summed E-state index contributed by atoms with van der Waals surface area (Å²) in [5.74, 6) is 0.772. The Kier molecular flexibility index (Phi) is 6.08. The van der Waals surface area contributed by atoms with E-state index in [9.17, 15) is 13.2 Å². The highest BCUT2D eigenvalue weighted by Gasteiger charge is 2.26.